The van der Waals surface area contributed by atoms with Gasteiger partial charge in [0.05, 0.1) is 27.9 Å². The van der Waals surface area contributed by atoms with Gasteiger partial charge in [-0.1, -0.05) is 66.2 Å². The number of hydrogen-bond acceptors (Lipinski definition) is 5. The molecule has 0 spiro atoms. The van der Waals surface area contributed by atoms with Crippen LogP contribution in [0.4, 0.5) is 11.4 Å². The Bertz CT molecular complexity index is 1120. The summed E-state index contributed by atoms with van der Waals surface area (Å²) in [6, 6.07) is 12.7. The zero-order valence-corrected chi connectivity index (χ0v) is 20.0. The fourth-order valence-corrected chi connectivity index (χ4v) is 4.25. The summed E-state index contributed by atoms with van der Waals surface area (Å²) in [4.78, 5) is 24.9. The van der Waals surface area contributed by atoms with E-state index in [9.17, 15) is 9.59 Å². The van der Waals surface area contributed by atoms with Crippen molar-refractivity contribution in [2.75, 3.05) is 16.4 Å². The molecular weight excluding hydrogens is 469 g/mol. The molecule has 2 N–H and O–H groups in total. The van der Waals surface area contributed by atoms with Crippen molar-refractivity contribution in [1.82, 2.24) is 14.8 Å². The number of aromatic nitrogens is 3. The molecule has 0 aliphatic carbocycles. The maximum absolute atomic E-state index is 12.6. The van der Waals surface area contributed by atoms with Crippen LogP contribution < -0.4 is 10.6 Å². The summed E-state index contributed by atoms with van der Waals surface area (Å²) in [6.45, 7) is 4.55. The van der Waals surface area contributed by atoms with Crippen molar-refractivity contribution in [3.05, 3.63) is 63.9 Å². The highest BCUT2D eigenvalue weighted by Gasteiger charge is 2.17. The van der Waals surface area contributed by atoms with Gasteiger partial charge < -0.3 is 15.2 Å². The number of amides is 2. The third-order valence-corrected chi connectivity index (χ3v) is 6.44. The number of carbonyl (C=O) groups excluding carboxylic acids is 2. The topological polar surface area (TPSA) is 88.9 Å². The molecule has 7 nitrogen and oxygen atoms in total. The predicted molar refractivity (Wildman–Crippen MR) is 130 cm³/mol. The van der Waals surface area contributed by atoms with Gasteiger partial charge in [0.15, 0.2) is 5.16 Å². The number of rotatable bonds is 9. The van der Waals surface area contributed by atoms with Crippen LogP contribution in [0.5, 0.6) is 0 Å². The lowest BCUT2D eigenvalue weighted by Crippen LogP contribution is -2.18. The van der Waals surface area contributed by atoms with Gasteiger partial charge >= 0.3 is 0 Å². The fraction of sp³-hybridized carbons (Fsp3) is 0.273. The van der Waals surface area contributed by atoms with Crippen molar-refractivity contribution in [2.45, 2.75) is 38.4 Å². The molecule has 0 aliphatic heterocycles. The summed E-state index contributed by atoms with van der Waals surface area (Å²) in [5.41, 5.74) is 2.32. The van der Waals surface area contributed by atoms with Crippen molar-refractivity contribution < 1.29 is 9.59 Å². The lowest BCUT2D eigenvalue weighted by Gasteiger charge is -2.11. The summed E-state index contributed by atoms with van der Waals surface area (Å²) < 4.78 is 1.83. The molecule has 0 radical (unpaired) electrons. The van der Waals surface area contributed by atoms with E-state index in [0.717, 1.165) is 17.7 Å². The molecule has 3 rings (SSSR count). The van der Waals surface area contributed by atoms with E-state index in [1.807, 2.05) is 42.7 Å². The number of benzene rings is 2. The highest BCUT2D eigenvalue weighted by atomic mass is 35.5. The van der Waals surface area contributed by atoms with Gasteiger partial charge in [-0.05, 0) is 37.1 Å². The van der Waals surface area contributed by atoms with Crippen LogP contribution in [0.3, 0.4) is 0 Å². The number of nitrogens with one attached hydrogen (secondary N) is 2. The number of halogens is 2. The highest BCUT2D eigenvalue weighted by molar-refractivity contribution is 7.99. The van der Waals surface area contributed by atoms with Crippen molar-refractivity contribution in [3.63, 3.8) is 0 Å². The first kappa shape index (κ1) is 24.1. The van der Waals surface area contributed by atoms with E-state index in [-0.39, 0.29) is 24.0 Å². The van der Waals surface area contributed by atoms with Gasteiger partial charge in [-0.2, -0.15) is 0 Å². The first-order valence-corrected chi connectivity index (χ1v) is 11.8. The van der Waals surface area contributed by atoms with Crippen LogP contribution in [0.2, 0.25) is 10.0 Å². The molecule has 168 valence electrons. The summed E-state index contributed by atoms with van der Waals surface area (Å²) >= 11 is 13.3. The van der Waals surface area contributed by atoms with Crippen LogP contribution >= 0.6 is 35.0 Å². The summed E-state index contributed by atoms with van der Waals surface area (Å²) in [5, 5.41) is 15.2. The first-order valence-electron chi connectivity index (χ1n) is 10.1. The van der Waals surface area contributed by atoms with Crippen LogP contribution in [0.1, 0.15) is 25.2 Å². The van der Waals surface area contributed by atoms with Crippen LogP contribution in [-0.2, 0) is 29.0 Å². The van der Waals surface area contributed by atoms with E-state index in [4.69, 9.17) is 23.2 Å². The van der Waals surface area contributed by atoms with Crippen molar-refractivity contribution in [3.8, 4) is 0 Å². The smallest absolute Gasteiger partial charge is 0.234 e. The molecule has 0 fully saturated rings. The molecule has 10 heteroatoms. The number of anilines is 2. The lowest BCUT2D eigenvalue weighted by atomic mass is 10.1. The Kier molecular flexibility index (Phi) is 8.55. The predicted octanol–water partition coefficient (Wildman–Crippen LogP) is 5.08. The lowest BCUT2D eigenvalue weighted by molar-refractivity contribution is -0.116. The number of carbonyl (C=O) groups is 2. The normalized spacial score (nSPS) is 10.8. The van der Waals surface area contributed by atoms with Gasteiger partial charge in [0.2, 0.25) is 11.8 Å². The molecule has 1 heterocycles. The quantitative estimate of drug-likeness (QED) is 0.407. The molecule has 0 bridgehead atoms. The molecule has 0 unspecified atom stereocenters. The van der Waals surface area contributed by atoms with Crippen molar-refractivity contribution in [2.24, 2.45) is 0 Å². The van der Waals surface area contributed by atoms with Crippen molar-refractivity contribution >= 4 is 58.2 Å². The third-order valence-electron chi connectivity index (χ3n) is 4.66. The van der Waals surface area contributed by atoms with Gasteiger partial charge in [-0.15, -0.1) is 10.2 Å². The summed E-state index contributed by atoms with van der Waals surface area (Å²) in [7, 11) is 0. The fourth-order valence-electron chi connectivity index (χ4n) is 3.08. The second kappa shape index (κ2) is 11.4. The van der Waals surface area contributed by atoms with Crippen LogP contribution in [0, 0.1) is 0 Å². The van der Waals surface area contributed by atoms with Crippen molar-refractivity contribution in [1.29, 1.82) is 0 Å². The maximum Gasteiger partial charge on any atom is 0.234 e. The third kappa shape index (κ3) is 6.03. The van der Waals surface area contributed by atoms with Crippen LogP contribution in [0.25, 0.3) is 0 Å². The highest BCUT2D eigenvalue weighted by Crippen LogP contribution is 2.29. The van der Waals surface area contributed by atoms with Crippen LogP contribution in [0.15, 0.2) is 47.6 Å². The minimum Gasteiger partial charge on any atom is -0.325 e. The van der Waals surface area contributed by atoms with Gasteiger partial charge in [0, 0.05) is 12.2 Å². The molecule has 0 saturated carbocycles. The average Bonchev–Trinajstić information content (AvgIpc) is 3.17. The molecule has 2 aromatic carbocycles. The number of thioether (sulfide) groups is 1. The van der Waals surface area contributed by atoms with Gasteiger partial charge in [0.25, 0.3) is 0 Å². The minimum absolute atomic E-state index is 0.0871. The Morgan fingerprint density at radius 3 is 2.44 bits per heavy atom. The standard InChI is InChI=1S/C22H23Cl2N5O2S/c1-3-14-8-5-6-10-16(14)25-19(30)12-18-27-28-22(29(18)4-2)32-13-20(31)26-17-11-7-9-15(23)21(17)24/h5-11H,3-4,12-13H2,1-2H3,(H,25,30)(H,26,31). The second-order valence-electron chi connectivity index (χ2n) is 6.82. The van der Waals surface area contributed by atoms with Gasteiger partial charge in [-0.3, -0.25) is 9.59 Å². The molecule has 0 saturated heterocycles. The van der Waals surface area contributed by atoms with E-state index in [1.165, 1.54) is 11.8 Å². The maximum atomic E-state index is 12.6. The van der Waals surface area contributed by atoms with E-state index >= 15 is 0 Å². The monoisotopic (exact) mass is 491 g/mol. The second-order valence-corrected chi connectivity index (χ2v) is 8.54. The molecule has 32 heavy (non-hydrogen) atoms. The first-order chi connectivity index (χ1) is 15.4. The Hall–Kier alpha value is -2.55. The SMILES string of the molecule is CCc1ccccc1NC(=O)Cc1nnc(SCC(=O)Nc2cccc(Cl)c2Cl)n1CC. The Balaban J connectivity index is 1.61. The zero-order valence-electron chi connectivity index (χ0n) is 17.7. The van der Waals surface area contributed by atoms with E-state index in [0.29, 0.717) is 33.3 Å². The summed E-state index contributed by atoms with van der Waals surface area (Å²) in [5.74, 6) is 0.231. The average molecular weight is 492 g/mol. The molecule has 3 aromatic rings. The number of aryl methyl sites for hydroxylation is 1. The van der Waals surface area contributed by atoms with Gasteiger partial charge in [-0.25, -0.2) is 0 Å². The number of para-hydroxylation sites is 1. The summed E-state index contributed by atoms with van der Waals surface area (Å²) in [6.07, 6.45) is 0.911. The Morgan fingerprint density at radius 2 is 1.69 bits per heavy atom. The zero-order chi connectivity index (χ0) is 23.1. The number of nitrogens with zero attached hydrogens (tertiary/aromatic N) is 3. The van der Waals surface area contributed by atoms with Crippen LogP contribution in [-0.4, -0.2) is 32.3 Å². The molecule has 2 amide bonds. The molecule has 1 aromatic heterocycles. The molecular formula is C22H23Cl2N5O2S. The molecule has 0 atom stereocenters. The Morgan fingerprint density at radius 1 is 0.969 bits per heavy atom. The van der Waals surface area contributed by atoms with E-state index in [2.05, 4.69) is 20.8 Å². The molecule has 0 aliphatic rings. The van der Waals surface area contributed by atoms with E-state index < -0.39 is 0 Å². The Labute approximate surface area is 200 Å². The largest absolute Gasteiger partial charge is 0.325 e. The minimum atomic E-state index is -0.250. The van der Waals surface area contributed by atoms with E-state index in [1.54, 1.807) is 18.2 Å². The number of hydrogen-bond donors (Lipinski definition) is 2. The van der Waals surface area contributed by atoms with Gasteiger partial charge in [0.1, 0.15) is 5.82 Å².